The van der Waals surface area contributed by atoms with Gasteiger partial charge >= 0.3 is 0 Å². The summed E-state index contributed by atoms with van der Waals surface area (Å²) in [6.45, 7) is 0. The van der Waals surface area contributed by atoms with Gasteiger partial charge in [-0.05, 0) is 30.4 Å². The molecule has 2 aliphatic carbocycles. The highest BCUT2D eigenvalue weighted by atomic mass is 79.9. The molecule has 1 aromatic rings. The van der Waals surface area contributed by atoms with Crippen LogP contribution < -0.4 is 5.73 Å². The second-order valence-corrected chi connectivity index (χ2v) is 7.58. The first-order chi connectivity index (χ1) is 8.98. The van der Waals surface area contributed by atoms with Crippen LogP contribution in [0.4, 0.5) is 0 Å². The van der Waals surface area contributed by atoms with Crippen LogP contribution in [0.25, 0.3) is 0 Å². The van der Waals surface area contributed by atoms with Crippen molar-refractivity contribution in [2.24, 2.45) is 11.7 Å². The lowest BCUT2D eigenvalue weighted by atomic mass is 9.87. The van der Waals surface area contributed by atoms with E-state index in [0.717, 1.165) is 30.4 Å². The van der Waals surface area contributed by atoms with E-state index >= 15 is 0 Å². The number of primary amides is 1. The number of amides is 1. The number of alkyl halides is 2. The topological polar surface area (TPSA) is 60.2 Å². The molecule has 100 valence electrons. The van der Waals surface area contributed by atoms with Gasteiger partial charge in [-0.15, -0.1) is 0 Å². The highest BCUT2D eigenvalue weighted by molar-refractivity contribution is 9.12. The third kappa shape index (κ3) is 1.67. The first-order valence-corrected chi connectivity index (χ1v) is 7.97. The van der Waals surface area contributed by atoms with Crippen molar-refractivity contribution in [3.05, 3.63) is 34.9 Å². The van der Waals surface area contributed by atoms with Crippen molar-refractivity contribution in [2.45, 2.75) is 28.4 Å². The standard InChI is InChI=1S/C14H13Br2NO2/c15-9-6-2-4-7-3-1-5-8-10(7)14(9,16)11(12(8)18)13(17)19/h1,3,5,9,11H,2,4,6H2,(H2,17,19)/t9-,11-,14-/m1/s1. The van der Waals surface area contributed by atoms with E-state index in [1.54, 1.807) is 6.07 Å². The molecule has 3 atom stereocenters. The van der Waals surface area contributed by atoms with Gasteiger partial charge in [-0.2, -0.15) is 0 Å². The van der Waals surface area contributed by atoms with Crippen LogP contribution in [0.1, 0.15) is 34.3 Å². The minimum absolute atomic E-state index is 0.0198. The number of ketones is 1. The number of rotatable bonds is 1. The highest BCUT2D eigenvalue weighted by Gasteiger charge is 2.58. The van der Waals surface area contributed by atoms with Gasteiger partial charge in [0.2, 0.25) is 5.91 Å². The summed E-state index contributed by atoms with van der Waals surface area (Å²) in [6.07, 6.45) is 2.85. The van der Waals surface area contributed by atoms with Crippen LogP contribution >= 0.6 is 31.9 Å². The summed E-state index contributed by atoms with van der Waals surface area (Å²) in [5, 5.41) is 0. The third-order valence-corrected chi connectivity index (χ3v) is 7.33. The average Bonchev–Trinajstić information content (AvgIpc) is 2.51. The van der Waals surface area contributed by atoms with Crippen LogP contribution in [0.2, 0.25) is 0 Å². The number of carbonyl (C=O) groups excluding carboxylic acids is 2. The number of Topliss-reactive ketones (excluding diaryl/α,β-unsaturated/α-hetero) is 1. The van der Waals surface area contributed by atoms with Crippen LogP contribution in [-0.2, 0) is 15.5 Å². The fourth-order valence-corrected chi connectivity index (χ4v) is 5.26. The molecule has 0 bridgehead atoms. The molecule has 3 nitrogen and oxygen atoms in total. The van der Waals surface area contributed by atoms with E-state index in [9.17, 15) is 9.59 Å². The number of aryl methyl sites for hydroxylation is 1. The molecule has 1 amide bonds. The largest absolute Gasteiger partial charge is 0.369 e. The van der Waals surface area contributed by atoms with Crippen LogP contribution in [0, 0.1) is 5.92 Å². The Balaban J connectivity index is 2.33. The number of carbonyl (C=O) groups is 2. The lowest BCUT2D eigenvalue weighted by Gasteiger charge is -2.32. The van der Waals surface area contributed by atoms with Gasteiger partial charge in [0.25, 0.3) is 0 Å². The predicted octanol–water partition coefficient (Wildman–Crippen LogP) is 2.67. The molecule has 2 aliphatic rings. The van der Waals surface area contributed by atoms with E-state index in [2.05, 4.69) is 31.9 Å². The van der Waals surface area contributed by atoms with E-state index in [1.165, 1.54) is 0 Å². The minimum atomic E-state index is -0.828. The van der Waals surface area contributed by atoms with Crippen LogP contribution in [0.15, 0.2) is 18.2 Å². The maximum absolute atomic E-state index is 12.5. The van der Waals surface area contributed by atoms with Crippen LogP contribution in [-0.4, -0.2) is 16.5 Å². The molecule has 0 fully saturated rings. The molecule has 1 aromatic carbocycles. The first kappa shape index (κ1) is 13.3. The van der Waals surface area contributed by atoms with Gasteiger partial charge < -0.3 is 5.73 Å². The number of hydrogen-bond donors (Lipinski definition) is 1. The van der Waals surface area contributed by atoms with Crippen molar-refractivity contribution in [3.8, 4) is 0 Å². The molecule has 0 saturated carbocycles. The molecule has 0 aromatic heterocycles. The van der Waals surface area contributed by atoms with Crippen molar-refractivity contribution in [1.29, 1.82) is 0 Å². The molecule has 0 unspecified atom stereocenters. The Morgan fingerprint density at radius 2 is 2.16 bits per heavy atom. The third-order valence-electron chi connectivity index (χ3n) is 4.13. The Kier molecular flexibility index (Phi) is 3.09. The van der Waals surface area contributed by atoms with Gasteiger partial charge in [-0.25, -0.2) is 0 Å². The normalized spacial score (nSPS) is 32.8. The van der Waals surface area contributed by atoms with Gasteiger partial charge in [0.05, 0.1) is 4.32 Å². The van der Waals surface area contributed by atoms with E-state index in [0.29, 0.717) is 5.56 Å². The van der Waals surface area contributed by atoms with Gasteiger partial charge in [0.1, 0.15) is 5.92 Å². The molecular weight excluding hydrogens is 374 g/mol. The summed E-state index contributed by atoms with van der Waals surface area (Å²) in [7, 11) is 0. The van der Waals surface area contributed by atoms with E-state index in [-0.39, 0.29) is 10.6 Å². The number of hydrogen-bond acceptors (Lipinski definition) is 2. The van der Waals surface area contributed by atoms with Crippen molar-refractivity contribution in [2.75, 3.05) is 0 Å². The SMILES string of the molecule is NC(=O)[C@H]1C(=O)c2cccc3c2[C@]1(Br)[C@H](Br)CCC3. The Morgan fingerprint density at radius 1 is 1.42 bits per heavy atom. The fraction of sp³-hybridized carbons (Fsp3) is 0.429. The van der Waals surface area contributed by atoms with Gasteiger partial charge in [-0.3, -0.25) is 9.59 Å². The number of benzene rings is 1. The predicted molar refractivity (Wildman–Crippen MR) is 79.7 cm³/mol. The average molecular weight is 387 g/mol. The lowest BCUT2D eigenvalue weighted by Crippen LogP contribution is -2.43. The van der Waals surface area contributed by atoms with Crippen molar-refractivity contribution >= 4 is 43.6 Å². The summed E-state index contributed by atoms with van der Waals surface area (Å²) in [4.78, 5) is 24.3. The van der Waals surface area contributed by atoms with Gasteiger partial charge in [-0.1, -0.05) is 50.1 Å². The second-order valence-electron chi connectivity index (χ2n) is 5.17. The molecule has 0 radical (unpaired) electrons. The quantitative estimate of drug-likeness (QED) is 0.595. The smallest absolute Gasteiger partial charge is 0.230 e. The maximum atomic E-state index is 12.5. The molecule has 0 heterocycles. The van der Waals surface area contributed by atoms with Gasteiger partial charge in [0.15, 0.2) is 5.78 Å². The van der Waals surface area contributed by atoms with Crippen molar-refractivity contribution in [1.82, 2.24) is 0 Å². The number of halogens is 2. The number of nitrogens with two attached hydrogens (primary N) is 1. The Labute approximate surface area is 128 Å². The summed E-state index contributed by atoms with van der Waals surface area (Å²) in [6, 6.07) is 5.72. The molecule has 0 aliphatic heterocycles. The Hall–Kier alpha value is -0.680. The highest BCUT2D eigenvalue weighted by Crippen LogP contribution is 2.56. The molecule has 5 heteroatoms. The maximum Gasteiger partial charge on any atom is 0.230 e. The van der Waals surface area contributed by atoms with Crippen LogP contribution in [0.5, 0.6) is 0 Å². The summed E-state index contributed by atoms with van der Waals surface area (Å²) in [5.41, 5.74) is 8.25. The lowest BCUT2D eigenvalue weighted by molar-refractivity contribution is -0.121. The summed E-state index contributed by atoms with van der Waals surface area (Å²) >= 11 is 7.35. The zero-order valence-electron chi connectivity index (χ0n) is 10.2. The van der Waals surface area contributed by atoms with E-state index in [1.807, 2.05) is 12.1 Å². The first-order valence-electron chi connectivity index (χ1n) is 6.26. The zero-order chi connectivity index (χ0) is 13.8. The van der Waals surface area contributed by atoms with Crippen molar-refractivity contribution in [3.63, 3.8) is 0 Å². The van der Waals surface area contributed by atoms with Crippen molar-refractivity contribution < 1.29 is 9.59 Å². The van der Waals surface area contributed by atoms with E-state index in [4.69, 9.17) is 5.73 Å². The zero-order valence-corrected chi connectivity index (χ0v) is 13.3. The van der Waals surface area contributed by atoms with E-state index < -0.39 is 16.1 Å². The molecule has 3 rings (SSSR count). The molecule has 19 heavy (non-hydrogen) atoms. The Bertz CT molecular complexity index is 587. The molecule has 2 N–H and O–H groups in total. The Morgan fingerprint density at radius 3 is 2.84 bits per heavy atom. The van der Waals surface area contributed by atoms with Gasteiger partial charge in [0, 0.05) is 10.4 Å². The monoisotopic (exact) mass is 385 g/mol. The summed E-state index contributed by atoms with van der Waals surface area (Å²) in [5.74, 6) is -1.55. The minimum Gasteiger partial charge on any atom is -0.369 e. The fourth-order valence-electron chi connectivity index (χ4n) is 3.31. The second kappa shape index (κ2) is 4.42. The molecular formula is C14H13Br2NO2. The van der Waals surface area contributed by atoms with Crippen LogP contribution in [0.3, 0.4) is 0 Å². The molecule has 0 spiro atoms. The summed E-state index contributed by atoms with van der Waals surface area (Å²) < 4.78 is -0.696. The molecule has 0 saturated heterocycles.